The minimum absolute atomic E-state index is 0.0439. The quantitative estimate of drug-likeness (QED) is 0.598. The number of hydrogen-bond acceptors (Lipinski definition) is 4. The fourth-order valence-electron chi connectivity index (χ4n) is 2.10. The molecule has 1 heterocycles. The molecular weight excluding hydrogens is 325 g/mol. The largest absolute Gasteiger partial charge is 0.464 e. The normalized spacial score (nSPS) is 12.7. The first-order chi connectivity index (χ1) is 11.3. The van der Waals surface area contributed by atoms with E-state index in [1.807, 2.05) is 0 Å². The lowest BCUT2D eigenvalue weighted by molar-refractivity contribution is -0.148. The minimum atomic E-state index is -4.63. The summed E-state index contributed by atoms with van der Waals surface area (Å²) in [6.45, 7) is 1.61. The Bertz CT molecular complexity index is 711. The zero-order chi connectivity index (χ0) is 17.7. The molecule has 0 aliphatic carbocycles. The van der Waals surface area contributed by atoms with E-state index in [1.165, 1.54) is 0 Å². The highest BCUT2D eigenvalue weighted by atomic mass is 19.4. The van der Waals surface area contributed by atoms with E-state index in [4.69, 9.17) is 4.74 Å². The Kier molecular flexibility index (Phi) is 5.38. The molecule has 0 aliphatic rings. The number of carbonyl (C=O) groups excluding carboxylic acids is 2. The molecular formula is C16H15F3N2O3. The minimum Gasteiger partial charge on any atom is -0.464 e. The van der Waals surface area contributed by atoms with Crippen LogP contribution in [0.3, 0.4) is 0 Å². The molecule has 0 fully saturated rings. The Morgan fingerprint density at radius 1 is 1.21 bits per heavy atom. The first-order valence-electron chi connectivity index (χ1n) is 7.20. The van der Waals surface area contributed by atoms with Crippen LogP contribution in [0.1, 0.15) is 35.4 Å². The fourth-order valence-corrected chi connectivity index (χ4v) is 2.10. The first-order valence-corrected chi connectivity index (χ1v) is 7.20. The number of carbonyl (C=O) groups is 2. The number of benzene rings is 1. The second-order valence-electron chi connectivity index (χ2n) is 4.94. The third kappa shape index (κ3) is 4.21. The van der Waals surface area contributed by atoms with Crippen LogP contribution in [0, 0.1) is 0 Å². The molecule has 0 bridgehead atoms. The number of alkyl halides is 3. The van der Waals surface area contributed by atoms with Crippen molar-refractivity contribution >= 4 is 11.8 Å². The summed E-state index contributed by atoms with van der Waals surface area (Å²) in [6.07, 6.45) is -3.96. The summed E-state index contributed by atoms with van der Waals surface area (Å²) in [5, 5.41) is 3.37. The van der Waals surface area contributed by atoms with Gasteiger partial charge < -0.3 is 4.74 Å². The van der Waals surface area contributed by atoms with E-state index in [0.29, 0.717) is 5.56 Å². The summed E-state index contributed by atoms with van der Waals surface area (Å²) in [4.78, 5) is 24.3. The van der Waals surface area contributed by atoms with E-state index in [0.717, 1.165) is 16.9 Å². The number of ketones is 1. The number of rotatable bonds is 6. The van der Waals surface area contributed by atoms with Crippen LogP contribution in [-0.4, -0.2) is 28.1 Å². The zero-order valence-corrected chi connectivity index (χ0v) is 12.8. The average Bonchev–Trinajstić information content (AvgIpc) is 3.03. The summed E-state index contributed by atoms with van der Waals surface area (Å²) in [7, 11) is 0. The van der Waals surface area contributed by atoms with E-state index >= 15 is 0 Å². The monoisotopic (exact) mass is 340 g/mol. The Morgan fingerprint density at radius 2 is 1.88 bits per heavy atom. The molecule has 0 saturated carbocycles. The molecule has 24 heavy (non-hydrogen) atoms. The third-order valence-corrected chi connectivity index (χ3v) is 3.25. The molecule has 0 aliphatic heterocycles. The molecule has 5 nitrogen and oxygen atoms in total. The van der Waals surface area contributed by atoms with Gasteiger partial charge in [0.05, 0.1) is 6.61 Å². The molecule has 128 valence electrons. The van der Waals surface area contributed by atoms with Crippen LogP contribution < -0.4 is 0 Å². The smallest absolute Gasteiger partial charge is 0.435 e. The van der Waals surface area contributed by atoms with Crippen LogP contribution in [-0.2, 0) is 15.7 Å². The van der Waals surface area contributed by atoms with Crippen LogP contribution in [0.4, 0.5) is 13.2 Å². The SMILES string of the molecule is CCOC(=O)C(CC(=O)c1ccccc1)n1ccc(C(F)(F)F)n1. The van der Waals surface area contributed by atoms with E-state index in [-0.39, 0.29) is 13.0 Å². The lowest BCUT2D eigenvalue weighted by Crippen LogP contribution is -2.26. The van der Waals surface area contributed by atoms with Gasteiger partial charge in [-0.3, -0.25) is 9.48 Å². The Hall–Kier alpha value is -2.64. The summed E-state index contributed by atoms with van der Waals surface area (Å²) >= 11 is 0. The van der Waals surface area contributed by atoms with Gasteiger partial charge in [-0.1, -0.05) is 30.3 Å². The summed E-state index contributed by atoms with van der Waals surface area (Å²) < 4.78 is 43.7. The van der Waals surface area contributed by atoms with Gasteiger partial charge in [0.2, 0.25) is 0 Å². The first kappa shape index (κ1) is 17.7. The van der Waals surface area contributed by atoms with Crippen molar-refractivity contribution in [2.75, 3.05) is 6.61 Å². The van der Waals surface area contributed by atoms with Crippen molar-refractivity contribution in [3.05, 3.63) is 53.9 Å². The lowest BCUT2D eigenvalue weighted by atomic mass is 10.0. The van der Waals surface area contributed by atoms with E-state index in [2.05, 4.69) is 5.10 Å². The van der Waals surface area contributed by atoms with Gasteiger partial charge in [0, 0.05) is 18.2 Å². The maximum absolute atomic E-state index is 12.7. The van der Waals surface area contributed by atoms with Gasteiger partial charge >= 0.3 is 12.1 Å². The maximum atomic E-state index is 12.7. The van der Waals surface area contributed by atoms with E-state index < -0.39 is 29.7 Å². The van der Waals surface area contributed by atoms with Crippen molar-refractivity contribution in [2.24, 2.45) is 0 Å². The molecule has 2 rings (SSSR count). The van der Waals surface area contributed by atoms with Crippen LogP contribution in [0.2, 0.25) is 0 Å². The topological polar surface area (TPSA) is 61.2 Å². The maximum Gasteiger partial charge on any atom is 0.435 e. The van der Waals surface area contributed by atoms with Gasteiger partial charge in [-0.2, -0.15) is 18.3 Å². The molecule has 1 atom stereocenters. The molecule has 0 radical (unpaired) electrons. The number of Topliss-reactive ketones (excluding diaryl/α,β-unsaturated/α-hetero) is 1. The molecule has 1 aromatic heterocycles. The second kappa shape index (κ2) is 7.29. The summed E-state index contributed by atoms with van der Waals surface area (Å²) in [5.74, 6) is -1.20. The van der Waals surface area contributed by atoms with E-state index in [9.17, 15) is 22.8 Å². The number of aromatic nitrogens is 2. The Balaban J connectivity index is 2.27. The zero-order valence-electron chi connectivity index (χ0n) is 12.8. The van der Waals surface area contributed by atoms with Crippen molar-refractivity contribution < 1.29 is 27.5 Å². The van der Waals surface area contributed by atoms with Crippen molar-refractivity contribution in [3.63, 3.8) is 0 Å². The summed E-state index contributed by atoms with van der Waals surface area (Å²) in [6, 6.07) is 7.66. The number of esters is 1. The second-order valence-corrected chi connectivity index (χ2v) is 4.94. The van der Waals surface area contributed by atoms with Gasteiger partial charge in [-0.25, -0.2) is 4.79 Å². The average molecular weight is 340 g/mol. The Labute approximate surface area is 136 Å². The molecule has 2 aromatic rings. The molecule has 1 unspecified atom stereocenters. The number of halogens is 3. The predicted octanol–water partition coefficient (Wildman–Crippen LogP) is 3.28. The molecule has 0 N–H and O–H groups in total. The highest BCUT2D eigenvalue weighted by Crippen LogP contribution is 2.28. The number of hydrogen-bond donors (Lipinski definition) is 0. The van der Waals surface area contributed by atoms with Gasteiger partial charge in [0.15, 0.2) is 17.5 Å². The van der Waals surface area contributed by atoms with Crippen LogP contribution >= 0.6 is 0 Å². The summed E-state index contributed by atoms with van der Waals surface area (Å²) in [5.41, 5.74) is -0.779. The van der Waals surface area contributed by atoms with Crippen molar-refractivity contribution in [3.8, 4) is 0 Å². The number of nitrogens with zero attached hydrogens (tertiary/aromatic N) is 2. The highest BCUT2D eigenvalue weighted by Gasteiger charge is 2.35. The predicted molar refractivity (Wildman–Crippen MR) is 78.3 cm³/mol. The highest BCUT2D eigenvalue weighted by molar-refractivity contribution is 5.98. The molecule has 0 saturated heterocycles. The van der Waals surface area contributed by atoms with Crippen LogP contribution in [0.15, 0.2) is 42.6 Å². The van der Waals surface area contributed by atoms with Crippen molar-refractivity contribution in [1.82, 2.24) is 9.78 Å². The van der Waals surface area contributed by atoms with Crippen molar-refractivity contribution in [1.29, 1.82) is 0 Å². The van der Waals surface area contributed by atoms with Gasteiger partial charge in [0.25, 0.3) is 0 Å². The lowest BCUT2D eigenvalue weighted by Gasteiger charge is -2.15. The Morgan fingerprint density at radius 3 is 2.42 bits per heavy atom. The van der Waals surface area contributed by atoms with Gasteiger partial charge in [-0.15, -0.1) is 0 Å². The third-order valence-electron chi connectivity index (χ3n) is 3.25. The fraction of sp³-hybridized carbons (Fsp3) is 0.312. The van der Waals surface area contributed by atoms with Crippen LogP contribution in [0.25, 0.3) is 0 Å². The number of ether oxygens (including phenoxy) is 1. The molecule has 0 amide bonds. The van der Waals surface area contributed by atoms with Crippen molar-refractivity contribution in [2.45, 2.75) is 25.6 Å². The molecule has 8 heteroatoms. The standard InChI is InChI=1S/C16H15F3N2O3/c1-2-24-15(23)12(10-13(22)11-6-4-3-5-7-11)21-9-8-14(20-21)16(17,18)19/h3-9,12H,2,10H2,1H3. The molecule has 0 spiro atoms. The van der Waals surface area contributed by atoms with Gasteiger partial charge in [-0.05, 0) is 13.0 Å². The van der Waals surface area contributed by atoms with Gasteiger partial charge in [0.1, 0.15) is 0 Å². The molecule has 1 aromatic carbocycles. The van der Waals surface area contributed by atoms with Crippen LogP contribution in [0.5, 0.6) is 0 Å². The van der Waals surface area contributed by atoms with E-state index in [1.54, 1.807) is 37.3 Å².